The van der Waals surface area contributed by atoms with Crippen molar-refractivity contribution in [3.8, 4) is 0 Å². The number of hydrogen-bond donors (Lipinski definition) is 1. The number of hydrogen-bond acceptors (Lipinski definition) is 2. The predicted molar refractivity (Wildman–Crippen MR) is 72.5 cm³/mol. The molecule has 0 saturated heterocycles. The van der Waals surface area contributed by atoms with Gasteiger partial charge in [-0.15, -0.1) is 0 Å². The van der Waals surface area contributed by atoms with Crippen molar-refractivity contribution < 1.29 is 8.60 Å². The largest absolute Gasteiger partial charge is 0.313 e. The maximum atomic E-state index is 13.1. The number of rotatable bonds is 7. The van der Waals surface area contributed by atoms with Crippen LogP contribution in [0.2, 0.25) is 0 Å². The Balaban J connectivity index is 1.95. The lowest BCUT2D eigenvalue weighted by molar-refractivity contribution is 0.498. The van der Waals surface area contributed by atoms with Gasteiger partial charge in [-0.3, -0.25) is 4.21 Å². The second kappa shape index (κ2) is 6.43. The molecular formula is C14H20FNOS. The molecule has 1 aromatic rings. The summed E-state index contributed by atoms with van der Waals surface area (Å²) in [6, 6.07) is 6.43. The average Bonchev–Trinajstić information content (AvgIpc) is 3.18. The third-order valence-electron chi connectivity index (χ3n) is 3.24. The summed E-state index contributed by atoms with van der Waals surface area (Å²) in [6.45, 7) is 3.09. The fourth-order valence-corrected chi connectivity index (χ4v) is 3.44. The van der Waals surface area contributed by atoms with Crippen molar-refractivity contribution in [2.24, 2.45) is 5.92 Å². The van der Waals surface area contributed by atoms with Gasteiger partial charge in [-0.1, -0.05) is 13.0 Å². The van der Waals surface area contributed by atoms with E-state index in [1.807, 2.05) is 0 Å². The first-order chi connectivity index (χ1) is 8.70. The third-order valence-corrected chi connectivity index (χ3v) is 4.68. The molecule has 1 aliphatic rings. The fourth-order valence-electron chi connectivity index (χ4n) is 2.06. The summed E-state index contributed by atoms with van der Waals surface area (Å²) < 4.78 is 25.3. The Morgan fingerprint density at radius 2 is 2.28 bits per heavy atom. The molecule has 100 valence electrons. The molecule has 0 heterocycles. The van der Waals surface area contributed by atoms with E-state index in [0.717, 1.165) is 13.0 Å². The normalized spacial score (nSPS) is 18.6. The van der Waals surface area contributed by atoms with Gasteiger partial charge in [-0.2, -0.15) is 0 Å². The minimum Gasteiger partial charge on any atom is -0.313 e. The van der Waals surface area contributed by atoms with Gasteiger partial charge in [0.1, 0.15) is 5.82 Å². The van der Waals surface area contributed by atoms with E-state index in [2.05, 4.69) is 12.2 Å². The van der Waals surface area contributed by atoms with Crippen LogP contribution in [0.15, 0.2) is 29.2 Å². The van der Waals surface area contributed by atoms with Crippen LogP contribution in [0.5, 0.6) is 0 Å². The van der Waals surface area contributed by atoms with E-state index in [9.17, 15) is 8.60 Å². The summed E-state index contributed by atoms with van der Waals surface area (Å²) in [5.74, 6) is 0.938. The van der Waals surface area contributed by atoms with Crippen molar-refractivity contribution in [3.05, 3.63) is 30.1 Å². The molecule has 0 amide bonds. The van der Waals surface area contributed by atoms with Gasteiger partial charge in [0, 0.05) is 16.7 Å². The summed E-state index contributed by atoms with van der Waals surface area (Å²) in [5, 5.41) is 3.46. The molecule has 0 radical (unpaired) electrons. The highest BCUT2D eigenvalue weighted by Gasteiger charge is 2.32. The Morgan fingerprint density at radius 3 is 2.89 bits per heavy atom. The summed E-state index contributed by atoms with van der Waals surface area (Å²) in [5.41, 5.74) is 0. The average molecular weight is 269 g/mol. The van der Waals surface area contributed by atoms with E-state index >= 15 is 0 Å². The molecule has 1 saturated carbocycles. The molecule has 1 aliphatic carbocycles. The lowest BCUT2D eigenvalue weighted by atomic mass is 10.2. The molecule has 1 fully saturated rings. The Labute approximate surface area is 110 Å². The topological polar surface area (TPSA) is 29.1 Å². The van der Waals surface area contributed by atoms with Gasteiger partial charge in [0.25, 0.3) is 0 Å². The zero-order chi connectivity index (χ0) is 13.0. The van der Waals surface area contributed by atoms with Crippen LogP contribution >= 0.6 is 0 Å². The van der Waals surface area contributed by atoms with Crippen LogP contribution in [0.1, 0.15) is 26.2 Å². The third kappa shape index (κ3) is 3.89. The van der Waals surface area contributed by atoms with Crippen molar-refractivity contribution in [2.45, 2.75) is 37.1 Å². The first kappa shape index (κ1) is 13.7. The van der Waals surface area contributed by atoms with E-state index in [4.69, 9.17) is 0 Å². The Hall–Kier alpha value is -0.740. The molecule has 0 aliphatic heterocycles. The molecule has 4 heteroatoms. The zero-order valence-corrected chi connectivity index (χ0v) is 11.5. The lowest BCUT2D eigenvalue weighted by Crippen LogP contribution is -2.36. The van der Waals surface area contributed by atoms with Gasteiger partial charge in [0.2, 0.25) is 0 Å². The van der Waals surface area contributed by atoms with E-state index in [-0.39, 0.29) is 5.82 Å². The molecule has 2 nitrogen and oxygen atoms in total. The zero-order valence-electron chi connectivity index (χ0n) is 10.7. The molecule has 0 spiro atoms. The molecule has 2 rings (SSSR count). The second-order valence-electron chi connectivity index (χ2n) is 4.87. The predicted octanol–water partition coefficient (Wildman–Crippen LogP) is 2.71. The Bertz CT molecular complexity index is 420. The van der Waals surface area contributed by atoms with Crippen molar-refractivity contribution in [1.82, 2.24) is 5.32 Å². The SMILES string of the molecule is CCCNC(CS(=O)c1cccc(F)c1)C1CC1. The van der Waals surface area contributed by atoms with Crippen molar-refractivity contribution >= 4 is 10.8 Å². The second-order valence-corrected chi connectivity index (χ2v) is 6.36. The molecular weight excluding hydrogens is 249 g/mol. The van der Waals surface area contributed by atoms with Crippen LogP contribution in [-0.4, -0.2) is 22.5 Å². The number of halogens is 1. The molecule has 1 aromatic carbocycles. The Morgan fingerprint density at radius 1 is 1.50 bits per heavy atom. The van der Waals surface area contributed by atoms with Crippen molar-refractivity contribution in [3.63, 3.8) is 0 Å². The first-order valence-corrected chi connectivity index (χ1v) is 7.90. The Kier molecular flexibility index (Phi) is 4.89. The summed E-state index contributed by atoms with van der Waals surface area (Å²) >= 11 is 0. The van der Waals surface area contributed by atoms with Crippen molar-refractivity contribution in [2.75, 3.05) is 12.3 Å². The smallest absolute Gasteiger partial charge is 0.124 e. The molecule has 2 unspecified atom stereocenters. The highest BCUT2D eigenvalue weighted by Crippen LogP contribution is 2.33. The quantitative estimate of drug-likeness (QED) is 0.824. The van der Waals surface area contributed by atoms with Crippen LogP contribution < -0.4 is 5.32 Å². The van der Waals surface area contributed by atoms with Gasteiger partial charge in [-0.05, 0) is 49.9 Å². The van der Waals surface area contributed by atoms with E-state index in [1.54, 1.807) is 12.1 Å². The van der Waals surface area contributed by atoms with Gasteiger partial charge >= 0.3 is 0 Å². The monoisotopic (exact) mass is 269 g/mol. The minimum absolute atomic E-state index is 0.314. The van der Waals surface area contributed by atoms with Crippen LogP contribution in [0.25, 0.3) is 0 Å². The molecule has 0 bridgehead atoms. The molecule has 2 atom stereocenters. The minimum atomic E-state index is -1.11. The van der Waals surface area contributed by atoms with Gasteiger partial charge in [0.05, 0.1) is 10.8 Å². The first-order valence-electron chi connectivity index (χ1n) is 6.58. The molecule has 18 heavy (non-hydrogen) atoms. The number of nitrogens with one attached hydrogen (secondary N) is 1. The van der Waals surface area contributed by atoms with Crippen LogP contribution in [0.3, 0.4) is 0 Å². The summed E-state index contributed by atoms with van der Waals surface area (Å²) in [4.78, 5) is 0.596. The van der Waals surface area contributed by atoms with Gasteiger partial charge in [-0.25, -0.2) is 4.39 Å². The van der Waals surface area contributed by atoms with Gasteiger partial charge < -0.3 is 5.32 Å². The summed E-state index contributed by atoms with van der Waals surface area (Å²) in [6.07, 6.45) is 3.53. The van der Waals surface area contributed by atoms with Crippen LogP contribution in [0.4, 0.5) is 4.39 Å². The maximum Gasteiger partial charge on any atom is 0.124 e. The number of benzene rings is 1. The molecule has 0 aromatic heterocycles. The van der Waals surface area contributed by atoms with Crippen LogP contribution in [0, 0.1) is 11.7 Å². The van der Waals surface area contributed by atoms with Crippen LogP contribution in [-0.2, 0) is 10.8 Å². The summed E-state index contributed by atoms with van der Waals surface area (Å²) in [7, 11) is -1.11. The maximum absolute atomic E-state index is 13.1. The fraction of sp³-hybridized carbons (Fsp3) is 0.571. The van der Waals surface area contributed by atoms with E-state index in [1.165, 1.54) is 25.0 Å². The van der Waals surface area contributed by atoms with Crippen molar-refractivity contribution in [1.29, 1.82) is 0 Å². The standard InChI is InChI=1S/C14H20FNOS/c1-2-8-16-14(11-6-7-11)10-18(17)13-5-3-4-12(15)9-13/h3-5,9,11,14,16H,2,6-8,10H2,1H3. The lowest BCUT2D eigenvalue weighted by Gasteiger charge is -2.17. The van der Waals surface area contributed by atoms with E-state index < -0.39 is 10.8 Å². The van der Waals surface area contributed by atoms with Gasteiger partial charge in [0.15, 0.2) is 0 Å². The van der Waals surface area contributed by atoms with E-state index in [0.29, 0.717) is 22.6 Å². The highest BCUT2D eigenvalue weighted by molar-refractivity contribution is 7.85. The highest BCUT2D eigenvalue weighted by atomic mass is 32.2. The molecule has 1 N–H and O–H groups in total.